The third kappa shape index (κ3) is 3.24. The van der Waals surface area contributed by atoms with E-state index in [-0.39, 0.29) is 6.04 Å². The van der Waals surface area contributed by atoms with Crippen molar-refractivity contribution in [2.24, 2.45) is 5.84 Å². The molecule has 2 aromatic heterocycles. The van der Waals surface area contributed by atoms with Gasteiger partial charge in [-0.3, -0.25) is 15.5 Å². The van der Waals surface area contributed by atoms with Crippen LogP contribution >= 0.6 is 15.9 Å². The first-order valence-electron chi connectivity index (χ1n) is 6.27. The fourth-order valence-electron chi connectivity index (χ4n) is 2.04. The predicted molar refractivity (Wildman–Crippen MR) is 79.9 cm³/mol. The number of rotatable bonds is 6. The monoisotopic (exact) mass is 339 g/mol. The van der Waals surface area contributed by atoms with Crippen LogP contribution in [0.15, 0.2) is 28.9 Å². The maximum Gasteiger partial charge on any atom is 0.106 e. The number of methoxy groups -OCH3 is 1. The van der Waals surface area contributed by atoms with E-state index < -0.39 is 0 Å². The van der Waals surface area contributed by atoms with E-state index in [2.05, 4.69) is 31.4 Å². The van der Waals surface area contributed by atoms with Crippen LogP contribution < -0.4 is 11.3 Å². The molecule has 1 atom stereocenters. The summed E-state index contributed by atoms with van der Waals surface area (Å²) < 4.78 is 7.86. The van der Waals surface area contributed by atoms with Crippen LogP contribution in [0.5, 0.6) is 0 Å². The van der Waals surface area contributed by atoms with Gasteiger partial charge in [-0.15, -0.1) is 0 Å². The van der Waals surface area contributed by atoms with E-state index in [0.717, 1.165) is 21.6 Å². The molecule has 20 heavy (non-hydrogen) atoms. The molecule has 2 heterocycles. The Hall–Kier alpha value is -1.28. The Morgan fingerprint density at radius 3 is 2.95 bits per heavy atom. The smallest absolute Gasteiger partial charge is 0.106 e. The van der Waals surface area contributed by atoms with Gasteiger partial charge >= 0.3 is 0 Å². The number of nitrogens with zero attached hydrogens (tertiary/aromatic N) is 3. The van der Waals surface area contributed by atoms with Gasteiger partial charge in [0, 0.05) is 12.8 Å². The lowest BCUT2D eigenvalue weighted by atomic mass is 10.1. The molecule has 0 amide bonds. The molecule has 0 saturated heterocycles. The second kappa shape index (κ2) is 6.94. The van der Waals surface area contributed by atoms with Crippen LogP contribution in [0.3, 0.4) is 0 Å². The molecule has 0 bridgehead atoms. The average Bonchev–Trinajstić information content (AvgIpc) is 2.79. The Kier molecular flexibility index (Phi) is 5.24. The molecule has 108 valence electrons. The average molecular weight is 340 g/mol. The van der Waals surface area contributed by atoms with Crippen molar-refractivity contribution in [1.29, 1.82) is 0 Å². The summed E-state index contributed by atoms with van der Waals surface area (Å²) in [6.07, 6.45) is 1.76. The summed E-state index contributed by atoms with van der Waals surface area (Å²) in [7, 11) is 1.67. The molecule has 7 heteroatoms. The maximum absolute atomic E-state index is 5.73. The molecule has 2 aromatic rings. The van der Waals surface area contributed by atoms with Crippen molar-refractivity contribution in [1.82, 2.24) is 20.2 Å². The molecule has 0 aliphatic rings. The van der Waals surface area contributed by atoms with Crippen LogP contribution in [-0.4, -0.2) is 28.5 Å². The number of ether oxygens (including phenoxy) is 1. The highest BCUT2D eigenvalue weighted by Crippen LogP contribution is 2.27. The standard InChI is InChI=1S/C13H18BrN5O/c1-9-4-3-5-11(17-9)12(18-15)13-10(14)8-16-19(13)6-7-20-2/h3-5,8,12,18H,6-7,15H2,1-2H3. The van der Waals surface area contributed by atoms with Gasteiger partial charge in [0.05, 0.1) is 35.2 Å². The van der Waals surface area contributed by atoms with Gasteiger partial charge in [-0.25, -0.2) is 5.43 Å². The van der Waals surface area contributed by atoms with Crippen LogP contribution in [0.1, 0.15) is 23.1 Å². The Morgan fingerprint density at radius 1 is 1.50 bits per heavy atom. The molecule has 3 N–H and O–H groups in total. The number of nitrogens with one attached hydrogen (secondary N) is 1. The molecule has 0 aliphatic carbocycles. The Morgan fingerprint density at radius 2 is 2.30 bits per heavy atom. The number of pyridine rings is 1. The number of hydrazine groups is 1. The van der Waals surface area contributed by atoms with Gasteiger partial charge < -0.3 is 4.74 Å². The van der Waals surface area contributed by atoms with Crippen LogP contribution in [0.4, 0.5) is 0 Å². The Balaban J connectivity index is 2.38. The van der Waals surface area contributed by atoms with Crippen molar-refractivity contribution >= 4 is 15.9 Å². The van der Waals surface area contributed by atoms with E-state index in [4.69, 9.17) is 10.6 Å². The summed E-state index contributed by atoms with van der Waals surface area (Å²) in [6, 6.07) is 5.63. The zero-order valence-corrected chi connectivity index (χ0v) is 13.1. The molecule has 1 unspecified atom stereocenters. The van der Waals surface area contributed by atoms with Gasteiger partial charge in [-0.05, 0) is 35.0 Å². The van der Waals surface area contributed by atoms with E-state index in [0.29, 0.717) is 13.2 Å². The summed E-state index contributed by atoms with van der Waals surface area (Å²) in [4.78, 5) is 4.53. The van der Waals surface area contributed by atoms with E-state index in [1.165, 1.54) is 0 Å². The van der Waals surface area contributed by atoms with Gasteiger partial charge in [-0.1, -0.05) is 6.07 Å². The van der Waals surface area contributed by atoms with Crippen molar-refractivity contribution in [3.8, 4) is 0 Å². The molecule has 0 spiro atoms. The first-order chi connectivity index (χ1) is 9.67. The zero-order chi connectivity index (χ0) is 14.5. The van der Waals surface area contributed by atoms with E-state index >= 15 is 0 Å². The second-order valence-electron chi connectivity index (χ2n) is 4.40. The third-order valence-electron chi connectivity index (χ3n) is 2.99. The van der Waals surface area contributed by atoms with Crippen molar-refractivity contribution in [3.63, 3.8) is 0 Å². The Bertz CT molecular complexity index is 572. The summed E-state index contributed by atoms with van der Waals surface area (Å²) in [5.41, 5.74) is 5.54. The molecule has 6 nitrogen and oxygen atoms in total. The fraction of sp³-hybridized carbons (Fsp3) is 0.385. The summed E-state index contributed by atoms with van der Waals surface area (Å²) in [6.45, 7) is 3.19. The van der Waals surface area contributed by atoms with Crippen molar-refractivity contribution in [2.45, 2.75) is 19.5 Å². The van der Waals surface area contributed by atoms with Gasteiger partial charge in [-0.2, -0.15) is 5.10 Å². The molecule has 0 aliphatic heterocycles. The molecular formula is C13H18BrN5O. The normalized spacial score (nSPS) is 12.6. The number of nitrogens with two attached hydrogens (primary N) is 1. The van der Waals surface area contributed by atoms with Crippen LogP contribution in [-0.2, 0) is 11.3 Å². The van der Waals surface area contributed by atoms with E-state index in [1.807, 2.05) is 29.8 Å². The quantitative estimate of drug-likeness (QED) is 0.616. The number of hydrogen-bond donors (Lipinski definition) is 2. The van der Waals surface area contributed by atoms with Crippen LogP contribution in [0, 0.1) is 6.92 Å². The van der Waals surface area contributed by atoms with Crippen LogP contribution in [0.2, 0.25) is 0 Å². The minimum atomic E-state index is -0.233. The minimum Gasteiger partial charge on any atom is -0.383 e. The molecule has 0 aromatic carbocycles. The van der Waals surface area contributed by atoms with Crippen molar-refractivity contribution < 1.29 is 4.74 Å². The topological polar surface area (TPSA) is 78.0 Å². The maximum atomic E-state index is 5.73. The molecule has 0 saturated carbocycles. The zero-order valence-electron chi connectivity index (χ0n) is 11.5. The minimum absolute atomic E-state index is 0.233. The molecule has 2 rings (SSSR count). The lowest BCUT2D eigenvalue weighted by Gasteiger charge is -2.18. The van der Waals surface area contributed by atoms with Crippen molar-refractivity contribution in [3.05, 3.63) is 46.0 Å². The molecule has 0 radical (unpaired) electrons. The highest BCUT2D eigenvalue weighted by Gasteiger charge is 2.22. The second-order valence-corrected chi connectivity index (χ2v) is 5.25. The third-order valence-corrected chi connectivity index (χ3v) is 3.60. The first-order valence-corrected chi connectivity index (χ1v) is 7.06. The van der Waals surface area contributed by atoms with Crippen LogP contribution in [0.25, 0.3) is 0 Å². The highest BCUT2D eigenvalue weighted by atomic mass is 79.9. The molecule has 0 fully saturated rings. The fourth-order valence-corrected chi connectivity index (χ4v) is 2.57. The van der Waals surface area contributed by atoms with Gasteiger partial charge in [0.1, 0.15) is 6.04 Å². The lowest BCUT2D eigenvalue weighted by Crippen LogP contribution is -2.32. The number of aromatic nitrogens is 3. The highest BCUT2D eigenvalue weighted by molar-refractivity contribution is 9.10. The number of halogens is 1. The van der Waals surface area contributed by atoms with E-state index in [9.17, 15) is 0 Å². The number of aryl methyl sites for hydroxylation is 1. The van der Waals surface area contributed by atoms with Gasteiger partial charge in [0.25, 0.3) is 0 Å². The lowest BCUT2D eigenvalue weighted by molar-refractivity contribution is 0.182. The largest absolute Gasteiger partial charge is 0.383 e. The summed E-state index contributed by atoms with van der Waals surface area (Å²) >= 11 is 3.52. The van der Waals surface area contributed by atoms with Gasteiger partial charge in [0.15, 0.2) is 0 Å². The predicted octanol–water partition coefficient (Wildman–Crippen LogP) is 1.55. The molecular weight excluding hydrogens is 322 g/mol. The summed E-state index contributed by atoms with van der Waals surface area (Å²) in [5, 5.41) is 4.34. The Labute approximate surface area is 126 Å². The van der Waals surface area contributed by atoms with Gasteiger partial charge in [0.2, 0.25) is 0 Å². The first kappa shape index (κ1) is 15.1. The summed E-state index contributed by atoms with van der Waals surface area (Å²) in [5.74, 6) is 5.73. The van der Waals surface area contributed by atoms with Crippen molar-refractivity contribution in [2.75, 3.05) is 13.7 Å². The number of hydrogen-bond acceptors (Lipinski definition) is 5. The SMILES string of the molecule is COCCn1ncc(Br)c1C(NN)c1cccc(C)n1. The van der Waals surface area contributed by atoms with E-state index in [1.54, 1.807) is 13.3 Å².